The minimum Gasteiger partial charge on any atom is -0.388 e. The van der Waals surface area contributed by atoms with Crippen LogP contribution in [-0.2, 0) is 4.79 Å². The molecule has 2 heterocycles. The predicted octanol–water partition coefficient (Wildman–Crippen LogP) is 3.88. The third kappa shape index (κ3) is 4.43. The van der Waals surface area contributed by atoms with Crippen molar-refractivity contribution >= 4 is 17.3 Å². The van der Waals surface area contributed by atoms with Crippen LogP contribution in [0.1, 0.15) is 49.3 Å². The maximum Gasteiger partial charge on any atom is 0.221 e. The van der Waals surface area contributed by atoms with Gasteiger partial charge in [0.1, 0.15) is 5.82 Å². The molecule has 0 aromatic heterocycles. The normalized spacial score (nSPS) is 21.8. The average molecular weight is 397 g/mol. The topological polar surface area (TPSA) is 64.6 Å². The van der Waals surface area contributed by atoms with Crippen molar-refractivity contribution in [1.82, 2.24) is 4.90 Å². The van der Waals surface area contributed by atoms with Crippen LogP contribution in [0.25, 0.3) is 0 Å². The summed E-state index contributed by atoms with van der Waals surface area (Å²) in [7, 11) is 0. The molecule has 0 saturated carbocycles. The van der Waals surface area contributed by atoms with Gasteiger partial charge in [0.2, 0.25) is 5.91 Å². The van der Waals surface area contributed by atoms with E-state index in [1.807, 2.05) is 12.1 Å². The number of halogens is 1. The van der Waals surface area contributed by atoms with Gasteiger partial charge in [0.05, 0.1) is 17.5 Å². The number of hydrogen-bond donors (Lipinski definition) is 3. The van der Waals surface area contributed by atoms with Gasteiger partial charge in [0.15, 0.2) is 0 Å². The number of fused-ring (bicyclic) bond motifs is 3. The number of piperidine rings is 1. The standard InChI is InChI=1S/C23H28FN3O2/c1-15(28)25-21-5-2-4-18-19-14-27(13-11-20(19)26-23(18)21)12-3-6-22(29)16-7-9-17(24)10-8-16/h2,4-5,7-10,19-20,22,26,29H,3,6,11-14H2,1H3,(H,25,28)/t19-,20-,22?/m0/s1. The number of para-hydroxylation sites is 1. The van der Waals surface area contributed by atoms with Crippen molar-refractivity contribution in [3.05, 3.63) is 59.4 Å². The van der Waals surface area contributed by atoms with Crippen LogP contribution >= 0.6 is 0 Å². The highest BCUT2D eigenvalue weighted by molar-refractivity contribution is 5.94. The molecule has 5 nitrogen and oxygen atoms in total. The number of benzene rings is 2. The molecule has 3 atom stereocenters. The molecule has 1 unspecified atom stereocenters. The van der Waals surface area contributed by atoms with Crippen LogP contribution in [0, 0.1) is 5.82 Å². The zero-order valence-corrected chi connectivity index (χ0v) is 16.7. The lowest BCUT2D eigenvalue weighted by Gasteiger charge is -2.35. The first-order valence-electron chi connectivity index (χ1n) is 10.3. The van der Waals surface area contributed by atoms with Crippen LogP contribution in [0.3, 0.4) is 0 Å². The van der Waals surface area contributed by atoms with Crippen molar-refractivity contribution in [3.63, 3.8) is 0 Å². The third-order valence-corrected chi connectivity index (χ3v) is 6.04. The van der Waals surface area contributed by atoms with E-state index in [9.17, 15) is 14.3 Å². The monoisotopic (exact) mass is 397 g/mol. The summed E-state index contributed by atoms with van der Waals surface area (Å²) >= 11 is 0. The lowest BCUT2D eigenvalue weighted by Crippen LogP contribution is -2.42. The highest BCUT2D eigenvalue weighted by Crippen LogP contribution is 2.43. The van der Waals surface area contributed by atoms with Crippen molar-refractivity contribution in [2.45, 2.75) is 44.2 Å². The number of aliphatic hydroxyl groups excluding tert-OH is 1. The molecular formula is C23H28FN3O2. The van der Waals surface area contributed by atoms with Crippen molar-refractivity contribution < 1.29 is 14.3 Å². The second kappa shape index (κ2) is 8.51. The van der Waals surface area contributed by atoms with Gasteiger partial charge in [-0.25, -0.2) is 4.39 Å². The zero-order valence-electron chi connectivity index (χ0n) is 16.7. The van der Waals surface area contributed by atoms with E-state index >= 15 is 0 Å². The molecule has 0 bridgehead atoms. The predicted molar refractivity (Wildman–Crippen MR) is 113 cm³/mol. The number of carbonyl (C=O) groups excluding carboxylic acids is 1. The molecule has 29 heavy (non-hydrogen) atoms. The van der Waals surface area contributed by atoms with E-state index in [0.29, 0.717) is 18.4 Å². The first-order chi connectivity index (χ1) is 14.0. The summed E-state index contributed by atoms with van der Waals surface area (Å²) in [5.41, 5.74) is 3.96. The molecule has 0 radical (unpaired) electrons. The number of amides is 1. The van der Waals surface area contributed by atoms with Gasteiger partial charge in [-0.05, 0) is 55.1 Å². The maximum absolute atomic E-state index is 13.0. The van der Waals surface area contributed by atoms with E-state index in [1.165, 1.54) is 24.6 Å². The van der Waals surface area contributed by atoms with Crippen LogP contribution in [0.2, 0.25) is 0 Å². The van der Waals surface area contributed by atoms with Gasteiger partial charge < -0.3 is 20.6 Å². The fourth-order valence-corrected chi connectivity index (χ4v) is 4.59. The first kappa shape index (κ1) is 19.9. The number of carbonyl (C=O) groups is 1. The minimum atomic E-state index is -0.553. The van der Waals surface area contributed by atoms with E-state index in [1.54, 1.807) is 12.1 Å². The summed E-state index contributed by atoms with van der Waals surface area (Å²) in [4.78, 5) is 13.9. The zero-order chi connectivity index (χ0) is 20.4. The number of nitrogens with one attached hydrogen (secondary N) is 2. The van der Waals surface area contributed by atoms with Crippen LogP contribution in [0.4, 0.5) is 15.8 Å². The maximum atomic E-state index is 13.0. The van der Waals surface area contributed by atoms with Crippen molar-refractivity contribution in [2.24, 2.45) is 0 Å². The second-order valence-electron chi connectivity index (χ2n) is 8.11. The van der Waals surface area contributed by atoms with Crippen LogP contribution < -0.4 is 10.6 Å². The summed E-state index contributed by atoms with van der Waals surface area (Å²) in [5, 5.41) is 16.9. The Hall–Kier alpha value is -2.44. The van der Waals surface area contributed by atoms with Gasteiger partial charge >= 0.3 is 0 Å². The number of anilines is 2. The van der Waals surface area contributed by atoms with Gasteiger partial charge in [0.25, 0.3) is 0 Å². The summed E-state index contributed by atoms with van der Waals surface area (Å²) in [5.74, 6) is 0.0711. The number of likely N-dealkylation sites (tertiary alicyclic amines) is 1. The number of aliphatic hydroxyl groups is 1. The third-order valence-electron chi connectivity index (χ3n) is 6.04. The Balaban J connectivity index is 1.33. The highest BCUT2D eigenvalue weighted by Gasteiger charge is 2.37. The summed E-state index contributed by atoms with van der Waals surface area (Å²) < 4.78 is 13.0. The van der Waals surface area contributed by atoms with Gasteiger partial charge in [-0.3, -0.25) is 4.79 Å². The molecule has 1 saturated heterocycles. The molecule has 2 aliphatic rings. The van der Waals surface area contributed by atoms with Crippen molar-refractivity contribution in [2.75, 3.05) is 30.3 Å². The summed E-state index contributed by atoms with van der Waals surface area (Å²) in [6.07, 6.45) is 2.06. The SMILES string of the molecule is CC(=O)Nc1cccc2c1N[C@H]1CCN(CCCC(O)c3ccc(F)cc3)C[C@@H]21. The van der Waals surface area contributed by atoms with E-state index < -0.39 is 6.10 Å². The molecule has 0 aliphatic carbocycles. The Morgan fingerprint density at radius 1 is 1.31 bits per heavy atom. The van der Waals surface area contributed by atoms with E-state index in [0.717, 1.165) is 49.4 Å². The van der Waals surface area contributed by atoms with Crippen LogP contribution in [0.5, 0.6) is 0 Å². The number of rotatable bonds is 6. The fraction of sp³-hybridized carbons (Fsp3) is 0.435. The van der Waals surface area contributed by atoms with Gasteiger partial charge in [-0.1, -0.05) is 24.3 Å². The molecule has 2 aliphatic heterocycles. The van der Waals surface area contributed by atoms with E-state index in [2.05, 4.69) is 21.6 Å². The molecule has 6 heteroatoms. The Bertz CT molecular complexity index is 871. The highest BCUT2D eigenvalue weighted by atomic mass is 19.1. The van der Waals surface area contributed by atoms with E-state index in [4.69, 9.17) is 0 Å². The Morgan fingerprint density at radius 2 is 2.10 bits per heavy atom. The molecule has 1 amide bonds. The molecule has 2 aromatic carbocycles. The smallest absolute Gasteiger partial charge is 0.221 e. The van der Waals surface area contributed by atoms with Crippen molar-refractivity contribution in [3.8, 4) is 0 Å². The minimum absolute atomic E-state index is 0.0589. The lowest BCUT2D eigenvalue weighted by atomic mass is 9.89. The van der Waals surface area contributed by atoms with Gasteiger partial charge in [-0.15, -0.1) is 0 Å². The molecule has 3 N–H and O–H groups in total. The Labute approximate surface area is 170 Å². The number of nitrogens with zero attached hydrogens (tertiary/aromatic N) is 1. The quantitative estimate of drug-likeness (QED) is 0.692. The Morgan fingerprint density at radius 3 is 2.86 bits per heavy atom. The molecule has 0 spiro atoms. The largest absolute Gasteiger partial charge is 0.388 e. The second-order valence-corrected chi connectivity index (χ2v) is 8.11. The van der Waals surface area contributed by atoms with Crippen LogP contribution in [-0.4, -0.2) is 41.6 Å². The molecular weight excluding hydrogens is 369 g/mol. The first-order valence-corrected chi connectivity index (χ1v) is 10.3. The summed E-state index contributed by atoms with van der Waals surface area (Å²) in [6.45, 7) is 4.46. The molecule has 154 valence electrons. The summed E-state index contributed by atoms with van der Waals surface area (Å²) in [6, 6.07) is 12.6. The van der Waals surface area contributed by atoms with Crippen molar-refractivity contribution in [1.29, 1.82) is 0 Å². The molecule has 1 fully saturated rings. The molecule has 4 rings (SSSR count). The van der Waals surface area contributed by atoms with E-state index in [-0.39, 0.29) is 11.7 Å². The molecule has 2 aromatic rings. The van der Waals surface area contributed by atoms with Gasteiger partial charge in [-0.2, -0.15) is 0 Å². The van der Waals surface area contributed by atoms with Crippen LogP contribution in [0.15, 0.2) is 42.5 Å². The lowest BCUT2D eigenvalue weighted by molar-refractivity contribution is -0.114. The number of hydrogen-bond acceptors (Lipinski definition) is 4. The fourth-order valence-electron chi connectivity index (χ4n) is 4.59. The Kier molecular flexibility index (Phi) is 5.83. The average Bonchev–Trinajstić information content (AvgIpc) is 3.07. The van der Waals surface area contributed by atoms with Gasteiger partial charge in [0, 0.05) is 32.0 Å².